The molecule has 1 amide bonds. The van der Waals surface area contributed by atoms with E-state index in [9.17, 15) is 9.59 Å². The molecule has 0 atom stereocenters. The fraction of sp³-hybridized carbons (Fsp3) is 0.391. The summed E-state index contributed by atoms with van der Waals surface area (Å²) in [6, 6.07) is 9.42. The van der Waals surface area contributed by atoms with Crippen molar-refractivity contribution in [3.05, 3.63) is 53.3 Å². The number of ether oxygens (including phenoxy) is 1. The molecule has 0 radical (unpaired) electrons. The molecule has 0 saturated carbocycles. The average Bonchev–Trinajstić information content (AvgIpc) is 3.15. The summed E-state index contributed by atoms with van der Waals surface area (Å²) in [5.41, 5.74) is 3.59. The van der Waals surface area contributed by atoms with E-state index >= 15 is 0 Å². The number of nitrogens with zero attached hydrogens (tertiary/aromatic N) is 3. The summed E-state index contributed by atoms with van der Waals surface area (Å²) in [5, 5.41) is 7.76. The normalized spacial score (nSPS) is 11.3. The Labute approximate surface area is 176 Å². The highest BCUT2D eigenvalue weighted by Crippen LogP contribution is 2.25. The van der Waals surface area contributed by atoms with Crippen LogP contribution < -0.4 is 5.32 Å². The maximum atomic E-state index is 12.8. The smallest absolute Gasteiger partial charge is 0.339 e. The standard InChI is InChI=1S/C23H28N4O3/c1-6-16-8-7-9-17(10-16)25-21(28)13-30-23(29)18-11-20(14(2)3)26-22-19(18)12-24-27(22)15(4)5/h7-12,14-15H,6,13H2,1-5H3,(H,25,28). The van der Waals surface area contributed by atoms with Gasteiger partial charge in [-0.3, -0.25) is 4.79 Å². The van der Waals surface area contributed by atoms with Gasteiger partial charge in [0.05, 0.1) is 17.1 Å². The Bertz CT molecular complexity index is 1070. The third-order valence-corrected chi connectivity index (χ3v) is 4.84. The molecule has 0 aliphatic carbocycles. The van der Waals surface area contributed by atoms with Crippen LogP contribution in [-0.4, -0.2) is 33.2 Å². The summed E-state index contributed by atoms with van der Waals surface area (Å²) in [6.07, 6.45) is 2.50. The lowest BCUT2D eigenvalue weighted by Crippen LogP contribution is -2.21. The molecule has 0 fully saturated rings. The van der Waals surface area contributed by atoms with Crippen molar-refractivity contribution in [1.29, 1.82) is 0 Å². The minimum Gasteiger partial charge on any atom is -0.452 e. The molecule has 7 nitrogen and oxygen atoms in total. The molecule has 158 valence electrons. The lowest BCUT2D eigenvalue weighted by molar-refractivity contribution is -0.119. The van der Waals surface area contributed by atoms with Gasteiger partial charge >= 0.3 is 5.97 Å². The number of fused-ring (bicyclic) bond motifs is 1. The molecule has 3 aromatic rings. The topological polar surface area (TPSA) is 86.1 Å². The Morgan fingerprint density at radius 3 is 2.60 bits per heavy atom. The van der Waals surface area contributed by atoms with Crippen LogP contribution in [0.5, 0.6) is 0 Å². The number of amides is 1. The van der Waals surface area contributed by atoms with Gasteiger partial charge in [0.2, 0.25) is 0 Å². The highest BCUT2D eigenvalue weighted by molar-refractivity contribution is 6.03. The molecule has 0 spiro atoms. The second-order valence-electron chi connectivity index (χ2n) is 7.85. The summed E-state index contributed by atoms with van der Waals surface area (Å²) in [6.45, 7) is 9.71. The van der Waals surface area contributed by atoms with Gasteiger partial charge in [-0.1, -0.05) is 32.9 Å². The van der Waals surface area contributed by atoms with Gasteiger partial charge in [0.15, 0.2) is 12.3 Å². The van der Waals surface area contributed by atoms with Gasteiger partial charge in [0.1, 0.15) is 0 Å². The lowest BCUT2D eigenvalue weighted by atomic mass is 10.1. The zero-order chi connectivity index (χ0) is 21.8. The number of carbonyl (C=O) groups excluding carboxylic acids is 2. The second-order valence-corrected chi connectivity index (χ2v) is 7.85. The van der Waals surface area contributed by atoms with Crippen molar-refractivity contribution in [2.75, 3.05) is 11.9 Å². The van der Waals surface area contributed by atoms with Crippen LogP contribution >= 0.6 is 0 Å². The van der Waals surface area contributed by atoms with Crippen molar-refractivity contribution in [3.8, 4) is 0 Å². The zero-order valence-corrected chi connectivity index (χ0v) is 18.1. The van der Waals surface area contributed by atoms with E-state index < -0.39 is 5.97 Å². The number of rotatable bonds is 7. The Morgan fingerprint density at radius 2 is 1.93 bits per heavy atom. The van der Waals surface area contributed by atoms with Gasteiger partial charge in [-0.05, 0) is 49.9 Å². The first-order valence-corrected chi connectivity index (χ1v) is 10.2. The first kappa shape index (κ1) is 21.5. The van der Waals surface area contributed by atoms with E-state index in [4.69, 9.17) is 4.74 Å². The van der Waals surface area contributed by atoms with Crippen LogP contribution in [0.15, 0.2) is 36.5 Å². The van der Waals surface area contributed by atoms with Gasteiger partial charge in [-0.15, -0.1) is 0 Å². The van der Waals surface area contributed by atoms with Crippen molar-refractivity contribution < 1.29 is 14.3 Å². The first-order valence-electron chi connectivity index (χ1n) is 10.2. The zero-order valence-electron chi connectivity index (χ0n) is 18.1. The molecular formula is C23H28N4O3. The van der Waals surface area contributed by atoms with Crippen LogP contribution in [0, 0.1) is 0 Å². The summed E-state index contributed by atoms with van der Waals surface area (Å²) in [5.74, 6) is -0.820. The Hall–Kier alpha value is -3.22. The van der Waals surface area contributed by atoms with Crippen LogP contribution in [0.3, 0.4) is 0 Å². The molecule has 0 unspecified atom stereocenters. The monoisotopic (exact) mass is 408 g/mol. The molecule has 1 aromatic carbocycles. The van der Waals surface area contributed by atoms with E-state index in [1.54, 1.807) is 23.0 Å². The number of benzene rings is 1. The maximum Gasteiger partial charge on any atom is 0.339 e. The molecular weight excluding hydrogens is 380 g/mol. The molecule has 0 aliphatic heterocycles. The number of aromatic nitrogens is 3. The third kappa shape index (κ3) is 4.67. The van der Waals surface area contributed by atoms with Crippen LogP contribution in [0.1, 0.15) is 68.2 Å². The fourth-order valence-electron chi connectivity index (χ4n) is 3.15. The summed E-state index contributed by atoms with van der Waals surface area (Å²) in [7, 11) is 0. The predicted octanol–water partition coefficient (Wildman–Crippen LogP) is 4.49. The number of pyridine rings is 1. The Kier molecular flexibility index (Phi) is 6.50. The Balaban J connectivity index is 1.78. The number of anilines is 1. The molecule has 2 aromatic heterocycles. The van der Waals surface area contributed by atoms with E-state index in [2.05, 4.69) is 15.4 Å². The summed E-state index contributed by atoms with van der Waals surface area (Å²) < 4.78 is 7.10. The largest absolute Gasteiger partial charge is 0.452 e. The molecule has 0 aliphatic rings. The van der Waals surface area contributed by atoms with Crippen LogP contribution in [0.25, 0.3) is 11.0 Å². The average molecular weight is 409 g/mol. The molecule has 30 heavy (non-hydrogen) atoms. The number of hydrogen-bond donors (Lipinski definition) is 1. The molecule has 2 heterocycles. The van der Waals surface area contributed by atoms with E-state index in [1.807, 2.05) is 52.8 Å². The summed E-state index contributed by atoms with van der Waals surface area (Å²) in [4.78, 5) is 29.7. The van der Waals surface area contributed by atoms with Crippen LogP contribution in [-0.2, 0) is 16.0 Å². The van der Waals surface area contributed by atoms with Crippen molar-refractivity contribution in [1.82, 2.24) is 14.8 Å². The highest BCUT2D eigenvalue weighted by Gasteiger charge is 2.20. The van der Waals surface area contributed by atoms with Crippen molar-refractivity contribution in [2.24, 2.45) is 0 Å². The van der Waals surface area contributed by atoms with Gasteiger partial charge in [0.25, 0.3) is 5.91 Å². The van der Waals surface area contributed by atoms with Crippen molar-refractivity contribution >= 4 is 28.6 Å². The molecule has 3 rings (SSSR count). The number of carbonyl (C=O) groups is 2. The van der Waals surface area contributed by atoms with Crippen LogP contribution in [0.4, 0.5) is 5.69 Å². The quantitative estimate of drug-likeness (QED) is 0.582. The lowest BCUT2D eigenvalue weighted by Gasteiger charge is -2.12. The van der Waals surface area contributed by atoms with E-state index in [-0.39, 0.29) is 24.5 Å². The van der Waals surface area contributed by atoms with Crippen LogP contribution in [0.2, 0.25) is 0 Å². The molecule has 0 saturated heterocycles. The number of hydrogen-bond acceptors (Lipinski definition) is 5. The fourth-order valence-corrected chi connectivity index (χ4v) is 3.15. The van der Waals surface area contributed by atoms with E-state index in [0.29, 0.717) is 22.3 Å². The highest BCUT2D eigenvalue weighted by atomic mass is 16.5. The van der Waals surface area contributed by atoms with Crippen molar-refractivity contribution in [2.45, 2.75) is 53.0 Å². The maximum absolute atomic E-state index is 12.8. The van der Waals surface area contributed by atoms with E-state index in [1.165, 1.54) is 0 Å². The summed E-state index contributed by atoms with van der Waals surface area (Å²) >= 11 is 0. The second kappa shape index (κ2) is 9.07. The van der Waals surface area contributed by atoms with Gasteiger partial charge in [-0.25, -0.2) is 14.5 Å². The minimum absolute atomic E-state index is 0.103. The van der Waals surface area contributed by atoms with Gasteiger partial charge in [0, 0.05) is 17.4 Å². The van der Waals surface area contributed by atoms with Crippen molar-refractivity contribution in [3.63, 3.8) is 0 Å². The minimum atomic E-state index is -0.565. The third-order valence-electron chi connectivity index (χ3n) is 4.84. The molecule has 1 N–H and O–H groups in total. The molecule has 0 bridgehead atoms. The number of aryl methyl sites for hydroxylation is 1. The predicted molar refractivity (Wildman–Crippen MR) is 117 cm³/mol. The van der Waals surface area contributed by atoms with Gasteiger partial charge in [-0.2, -0.15) is 5.10 Å². The Morgan fingerprint density at radius 1 is 1.17 bits per heavy atom. The van der Waals surface area contributed by atoms with E-state index in [0.717, 1.165) is 17.7 Å². The number of nitrogens with one attached hydrogen (secondary N) is 1. The number of esters is 1. The van der Waals surface area contributed by atoms with Gasteiger partial charge < -0.3 is 10.1 Å². The first-order chi connectivity index (χ1) is 14.3. The molecule has 7 heteroatoms. The SMILES string of the molecule is CCc1cccc(NC(=O)COC(=O)c2cc(C(C)C)nc3c2cnn3C(C)C)c1.